The van der Waals surface area contributed by atoms with E-state index in [1.807, 2.05) is 0 Å². The number of nitrogens with zero attached hydrogens (tertiary/aromatic N) is 1. The topological polar surface area (TPSA) is 23.8 Å². The summed E-state index contributed by atoms with van der Waals surface area (Å²) < 4.78 is 0. The number of rotatable bonds is 0. The molecule has 1 nitrogen and oxygen atoms in total. The third-order valence-electron chi connectivity index (χ3n) is 1.84. The molecule has 1 aliphatic carbocycles. The van der Waals surface area contributed by atoms with Gasteiger partial charge in [0.2, 0.25) is 0 Å². The fourth-order valence-corrected chi connectivity index (χ4v) is 1.23. The van der Waals surface area contributed by atoms with Gasteiger partial charge in [0, 0.05) is 5.92 Å². The Morgan fingerprint density at radius 2 is 2.33 bits per heavy atom. The molecule has 0 aromatic heterocycles. The van der Waals surface area contributed by atoms with Gasteiger partial charge in [-0.1, -0.05) is 19.3 Å². The summed E-state index contributed by atoms with van der Waals surface area (Å²) in [5.74, 6) is 0.326. The molecule has 1 heteroatoms. The van der Waals surface area contributed by atoms with Crippen molar-refractivity contribution in [1.29, 1.82) is 5.26 Å². The van der Waals surface area contributed by atoms with Crippen LogP contribution in [0, 0.1) is 23.7 Å². The van der Waals surface area contributed by atoms with Gasteiger partial charge in [0.25, 0.3) is 0 Å². The van der Waals surface area contributed by atoms with Gasteiger partial charge in [-0.05, 0) is 19.3 Å². The smallest absolute Gasteiger partial charge is 0.0655 e. The van der Waals surface area contributed by atoms with Crippen molar-refractivity contribution in [2.75, 3.05) is 0 Å². The minimum Gasteiger partial charge on any atom is -0.198 e. The Balaban J connectivity index is 2.29. The van der Waals surface area contributed by atoms with Gasteiger partial charge in [0.05, 0.1) is 6.07 Å². The molecule has 1 saturated carbocycles. The lowest BCUT2D eigenvalue weighted by atomic mass is 10.0. The lowest BCUT2D eigenvalue weighted by molar-refractivity contribution is 0.595. The van der Waals surface area contributed by atoms with Crippen LogP contribution in [0.1, 0.15) is 32.1 Å². The number of hydrogen-bond donors (Lipinski definition) is 0. The lowest BCUT2D eigenvalue weighted by Crippen LogP contribution is -1.92. The fraction of sp³-hybridized carbons (Fsp3) is 0.750. The first-order chi connectivity index (χ1) is 4.43. The molecular weight excluding hydrogens is 110 g/mol. The molecule has 1 rings (SSSR count). The summed E-state index contributed by atoms with van der Waals surface area (Å²) in [6, 6.07) is 2.31. The molecule has 0 spiro atoms. The van der Waals surface area contributed by atoms with Crippen molar-refractivity contribution in [2.24, 2.45) is 5.92 Å². The van der Waals surface area contributed by atoms with Crippen LogP contribution in [0.3, 0.4) is 0 Å². The van der Waals surface area contributed by atoms with Crippen molar-refractivity contribution in [2.45, 2.75) is 32.1 Å². The van der Waals surface area contributed by atoms with Crippen molar-refractivity contribution in [3.63, 3.8) is 0 Å². The van der Waals surface area contributed by atoms with Gasteiger partial charge in [-0.25, -0.2) is 0 Å². The van der Waals surface area contributed by atoms with Gasteiger partial charge in [0.1, 0.15) is 0 Å². The summed E-state index contributed by atoms with van der Waals surface area (Å²) in [5, 5.41) is 8.55. The third kappa shape index (κ3) is 2.05. The molecule has 49 valence electrons. The lowest BCUT2D eigenvalue weighted by Gasteiger charge is -1.99. The average Bonchev–Trinajstić information content (AvgIpc) is 2.13. The molecule has 0 bridgehead atoms. The van der Waals surface area contributed by atoms with Gasteiger partial charge < -0.3 is 0 Å². The summed E-state index contributed by atoms with van der Waals surface area (Å²) in [6.45, 7) is 0. The second-order valence-corrected chi connectivity index (χ2v) is 2.63. The van der Waals surface area contributed by atoms with Crippen LogP contribution in [-0.4, -0.2) is 0 Å². The quantitative estimate of drug-likeness (QED) is 0.452. The molecule has 1 unspecified atom stereocenters. The molecule has 1 atom stereocenters. The van der Waals surface area contributed by atoms with E-state index in [0.717, 1.165) is 12.8 Å². The van der Waals surface area contributed by atoms with Crippen molar-refractivity contribution in [3.05, 3.63) is 6.42 Å². The van der Waals surface area contributed by atoms with E-state index in [-0.39, 0.29) is 0 Å². The van der Waals surface area contributed by atoms with Crippen molar-refractivity contribution >= 4 is 0 Å². The molecule has 0 aliphatic heterocycles. The largest absolute Gasteiger partial charge is 0.198 e. The number of hydrogen-bond acceptors (Lipinski definition) is 1. The van der Waals surface area contributed by atoms with Gasteiger partial charge in [0.15, 0.2) is 0 Å². The molecule has 0 saturated heterocycles. The maximum absolute atomic E-state index is 8.55. The van der Waals surface area contributed by atoms with Crippen LogP contribution in [0.25, 0.3) is 0 Å². The molecule has 0 N–H and O–H groups in total. The van der Waals surface area contributed by atoms with Crippen LogP contribution in [0.4, 0.5) is 0 Å². The Labute approximate surface area is 56.7 Å². The third-order valence-corrected chi connectivity index (χ3v) is 1.84. The first kappa shape index (κ1) is 6.61. The van der Waals surface area contributed by atoms with Gasteiger partial charge in [-0.2, -0.15) is 5.26 Å². The Kier molecular flexibility index (Phi) is 2.57. The van der Waals surface area contributed by atoms with E-state index in [1.54, 1.807) is 0 Å². The van der Waals surface area contributed by atoms with Crippen LogP contribution in [0.15, 0.2) is 0 Å². The predicted octanol–water partition coefficient (Wildman–Crippen LogP) is 2.29. The van der Waals surface area contributed by atoms with Crippen molar-refractivity contribution in [1.82, 2.24) is 0 Å². The average molecular weight is 122 g/mol. The second kappa shape index (κ2) is 3.50. The first-order valence-electron chi connectivity index (χ1n) is 3.65. The highest BCUT2D eigenvalue weighted by molar-refractivity contribution is 4.88. The van der Waals surface area contributed by atoms with E-state index in [1.165, 1.54) is 19.3 Å². The van der Waals surface area contributed by atoms with Crippen LogP contribution in [-0.2, 0) is 0 Å². The zero-order valence-electron chi connectivity index (χ0n) is 5.64. The van der Waals surface area contributed by atoms with Gasteiger partial charge in [-0.15, -0.1) is 0 Å². The highest BCUT2D eigenvalue weighted by Crippen LogP contribution is 2.20. The van der Waals surface area contributed by atoms with Crippen LogP contribution in [0.5, 0.6) is 0 Å². The molecule has 0 amide bonds. The van der Waals surface area contributed by atoms with Gasteiger partial charge in [-0.3, -0.25) is 0 Å². The zero-order valence-corrected chi connectivity index (χ0v) is 5.64. The van der Waals surface area contributed by atoms with E-state index >= 15 is 0 Å². The summed E-state index contributed by atoms with van der Waals surface area (Å²) in [4.78, 5) is 0. The Bertz CT molecular complexity index is 104. The summed E-state index contributed by atoms with van der Waals surface area (Å²) in [6.07, 6.45) is 8.15. The minimum atomic E-state index is 0.326. The molecule has 1 radical (unpaired) electrons. The summed E-state index contributed by atoms with van der Waals surface area (Å²) in [7, 11) is 0. The van der Waals surface area contributed by atoms with E-state index in [2.05, 4.69) is 12.5 Å². The molecule has 0 aromatic carbocycles. The monoisotopic (exact) mass is 122 g/mol. The molecule has 0 heterocycles. The van der Waals surface area contributed by atoms with Crippen LogP contribution in [0.2, 0.25) is 0 Å². The van der Waals surface area contributed by atoms with Crippen molar-refractivity contribution in [3.8, 4) is 6.07 Å². The molecule has 9 heavy (non-hydrogen) atoms. The zero-order chi connectivity index (χ0) is 6.53. The molecule has 1 fully saturated rings. The molecule has 0 aromatic rings. The highest BCUT2D eigenvalue weighted by Gasteiger charge is 2.09. The first-order valence-corrected chi connectivity index (χ1v) is 3.65. The molecular formula is C8H12N. The van der Waals surface area contributed by atoms with E-state index in [0.29, 0.717) is 5.92 Å². The van der Waals surface area contributed by atoms with E-state index in [4.69, 9.17) is 5.26 Å². The second-order valence-electron chi connectivity index (χ2n) is 2.63. The SMILES string of the molecule is N#CC1C[CH]CCCC1. The Morgan fingerprint density at radius 1 is 1.44 bits per heavy atom. The number of nitriles is 1. The highest BCUT2D eigenvalue weighted by atomic mass is 14.3. The fourth-order valence-electron chi connectivity index (χ4n) is 1.23. The normalized spacial score (nSPS) is 22.6. The summed E-state index contributed by atoms with van der Waals surface area (Å²) in [5.41, 5.74) is 0. The standard InChI is InChI=1S/C8H12N/c9-7-8-5-3-1-2-4-6-8/h3,8H,1-2,4-6H2. The maximum Gasteiger partial charge on any atom is 0.0655 e. The van der Waals surface area contributed by atoms with Crippen LogP contribution >= 0.6 is 0 Å². The minimum absolute atomic E-state index is 0.326. The van der Waals surface area contributed by atoms with Crippen LogP contribution < -0.4 is 0 Å². The molecule has 1 aliphatic rings. The van der Waals surface area contributed by atoms with Gasteiger partial charge >= 0.3 is 0 Å². The Hall–Kier alpha value is -0.510. The summed E-state index contributed by atoms with van der Waals surface area (Å²) >= 11 is 0. The van der Waals surface area contributed by atoms with Crippen molar-refractivity contribution < 1.29 is 0 Å². The van der Waals surface area contributed by atoms with E-state index in [9.17, 15) is 0 Å². The maximum atomic E-state index is 8.55. The Morgan fingerprint density at radius 3 is 3.11 bits per heavy atom. The predicted molar refractivity (Wildman–Crippen MR) is 36.5 cm³/mol. The van der Waals surface area contributed by atoms with E-state index < -0.39 is 0 Å².